The molecular formula is C13H10N3O. The van der Waals surface area contributed by atoms with E-state index in [1.54, 1.807) is 23.9 Å². The Bertz CT molecular complexity index is 643. The summed E-state index contributed by atoms with van der Waals surface area (Å²) in [7, 11) is 1.65. The molecule has 83 valence electrons. The summed E-state index contributed by atoms with van der Waals surface area (Å²) in [6, 6.07) is 11.4. The van der Waals surface area contributed by atoms with Gasteiger partial charge in [0, 0.05) is 5.56 Å². The molecule has 0 aliphatic carbocycles. The molecule has 0 atom stereocenters. The van der Waals surface area contributed by atoms with Gasteiger partial charge in [0.05, 0.1) is 19.0 Å². The van der Waals surface area contributed by atoms with Crippen LogP contribution in [0.5, 0.6) is 5.75 Å². The molecule has 0 aliphatic heterocycles. The molecule has 4 nitrogen and oxygen atoms in total. The third-order valence-corrected chi connectivity index (χ3v) is 2.61. The normalized spacial score (nSPS) is 10.6. The maximum absolute atomic E-state index is 5.13. The first-order valence-corrected chi connectivity index (χ1v) is 5.24. The van der Waals surface area contributed by atoms with E-state index in [2.05, 4.69) is 16.3 Å². The maximum atomic E-state index is 5.13. The molecule has 2 aromatic heterocycles. The molecule has 0 bridgehead atoms. The second kappa shape index (κ2) is 3.90. The zero-order valence-corrected chi connectivity index (χ0v) is 9.29. The smallest absolute Gasteiger partial charge is 0.154 e. The molecule has 0 aliphatic rings. The topological polar surface area (TPSA) is 39.4 Å². The van der Waals surface area contributed by atoms with Gasteiger partial charge in [-0.15, -0.1) is 0 Å². The summed E-state index contributed by atoms with van der Waals surface area (Å²) >= 11 is 0. The van der Waals surface area contributed by atoms with Crippen LogP contribution in [0.1, 0.15) is 0 Å². The van der Waals surface area contributed by atoms with E-state index in [0.717, 1.165) is 22.7 Å². The Labute approximate surface area is 98.5 Å². The minimum absolute atomic E-state index is 0.814. The average Bonchev–Trinajstić information content (AvgIpc) is 2.83. The molecule has 3 aromatic rings. The van der Waals surface area contributed by atoms with Crippen molar-refractivity contribution in [2.45, 2.75) is 0 Å². The molecule has 0 fully saturated rings. The molecule has 0 saturated heterocycles. The lowest BCUT2D eigenvalue weighted by Crippen LogP contribution is -1.92. The van der Waals surface area contributed by atoms with Crippen LogP contribution in [0, 0.1) is 6.20 Å². The highest BCUT2D eigenvalue weighted by Gasteiger charge is 2.06. The van der Waals surface area contributed by atoms with Gasteiger partial charge in [0.2, 0.25) is 0 Å². The van der Waals surface area contributed by atoms with Gasteiger partial charge in [-0.2, -0.15) is 5.10 Å². The van der Waals surface area contributed by atoms with Gasteiger partial charge in [-0.05, 0) is 36.4 Å². The number of hydrogen-bond acceptors (Lipinski definition) is 3. The van der Waals surface area contributed by atoms with E-state index in [1.807, 2.05) is 30.3 Å². The first kappa shape index (κ1) is 9.84. The summed E-state index contributed by atoms with van der Waals surface area (Å²) in [4.78, 5) is 4.29. The van der Waals surface area contributed by atoms with Gasteiger partial charge < -0.3 is 4.74 Å². The van der Waals surface area contributed by atoms with E-state index in [-0.39, 0.29) is 0 Å². The Kier molecular flexibility index (Phi) is 2.26. The number of rotatable bonds is 2. The average molecular weight is 224 g/mol. The van der Waals surface area contributed by atoms with Gasteiger partial charge in [0.1, 0.15) is 11.9 Å². The van der Waals surface area contributed by atoms with E-state index in [4.69, 9.17) is 4.74 Å². The van der Waals surface area contributed by atoms with Gasteiger partial charge >= 0.3 is 0 Å². The van der Waals surface area contributed by atoms with Crippen molar-refractivity contribution in [2.24, 2.45) is 0 Å². The first-order valence-electron chi connectivity index (χ1n) is 5.24. The number of fused-ring (bicyclic) bond motifs is 1. The number of benzene rings is 1. The molecule has 0 saturated carbocycles. The van der Waals surface area contributed by atoms with Crippen LogP contribution >= 0.6 is 0 Å². The van der Waals surface area contributed by atoms with Crippen molar-refractivity contribution >= 4 is 5.65 Å². The Balaban J connectivity index is 2.13. The molecule has 0 unspecified atom stereocenters. The van der Waals surface area contributed by atoms with Gasteiger partial charge in [-0.3, -0.25) is 0 Å². The highest BCUT2D eigenvalue weighted by atomic mass is 16.5. The quantitative estimate of drug-likeness (QED) is 0.670. The molecule has 3 rings (SSSR count). The summed E-state index contributed by atoms with van der Waals surface area (Å²) in [5.74, 6) is 0.835. The van der Waals surface area contributed by atoms with Gasteiger partial charge in [0.25, 0.3) is 0 Å². The molecule has 0 amide bonds. The van der Waals surface area contributed by atoms with Gasteiger partial charge in [-0.1, -0.05) is 0 Å². The number of nitrogens with zero attached hydrogens (tertiary/aromatic N) is 3. The SMILES string of the molecule is COc1ccc(-c2cnc3cc[c]nn23)cc1. The molecule has 0 N–H and O–H groups in total. The second-order valence-electron chi connectivity index (χ2n) is 3.60. The fourth-order valence-electron chi connectivity index (χ4n) is 1.74. The summed E-state index contributed by atoms with van der Waals surface area (Å²) in [6.45, 7) is 0. The predicted octanol–water partition coefficient (Wildman–Crippen LogP) is 2.21. The Hall–Kier alpha value is -2.36. The third-order valence-electron chi connectivity index (χ3n) is 2.61. The monoisotopic (exact) mass is 224 g/mol. The molecule has 1 aromatic carbocycles. The van der Waals surface area contributed by atoms with Crippen LogP contribution < -0.4 is 4.74 Å². The Morgan fingerprint density at radius 2 is 2.00 bits per heavy atom. The summed E-state index contributed by atoms with van der Waals surface area (Å²) < 4.78 is 6.90. The number of ether oxygens (including phenoxy) is 1. The van der Waals surface area contributed by atoms with Crippen LogP contribution in [0.25, 0.3) is 16.9 Å². The fourth-order valence-corrected chi connectivity index (χ4v) is 1.74. The lowest BCUT2D eigenvalue weighted by molar-refractivity contribution is 0.415. The van der Waals surface area contributed by atoms with Crippen molar-refractivity contribution in [3.63, 3.8) is 0 Å². The fraction of sp³-hybridized carbons (Fsp3) is 0.0769. The van der Waals surface area contributed by atoms with Crippen molar-refractivity contribution in [3.05, 3.63) is 48.8 Å². The van der Waals surface area contributed by atoms with Gasteiger partial charge in [0.15, 0.2) is 5.65 Å². The van der Waals surface area contributed by atoms with Crippen molar-refractivity contribution in [3.8, 4) is 17.0 Å². The van der Waals surface area contributed by atoms with Crippen LogP contribution in [-0.4, -0.2) is 21.7 Å². The lowest BCUT2D eigenvalue weighted by atomic mass is 10.1. The highest BCUT2D eigenvalue weighted by Crippen LogP contribution is 2.22. The molecule has 4 heteroatoms. The third kappa shape index (κ3) is 1.63. The number of methoxy groups -OCH3 is 1. The second-order valence-corrected chi connectivity index (χ2v) is 3.60. The lowest BCUT2D eigenvalue weighted by Gasteiger charge is -2.02. The molecule has 17 heavy (non-hydrogen) atoms. The largest absolute Gasteiger partial charge is 0.497 e. The van der Waals surface area contributed by atoms with Crippen LogP contribution in [0.15, 0.2) is 42.6 Å². The van der Waals surface area contributed by atoms with Crippen molar-refractivity contribution in [2.75, 3.05) is 7.11 Å². The number of aromatic nitrogens is 3. The van der Waals surface area contributed by atoms with E-state index in [9.17, 15) is 0 Å². The standard InChI is InChI=1S/C13H10N3O/c1-17-11-6-4-10(5-7-11)12-9-14-13-3-2-8-15-16(12)13/h2-7,9H,1H3. The summed E-state index contributed by atoms with van der Waals surface area (Å²) in [5, 5.41) is 4.16. The zero-order valence-electron chi connectivity index (χ0n) is 9.29. The predicted molar refractivity (Wildman–Crippen MR) is 63.8 cm³/mol. The van der Waals surface area contributed by atoms with Gasteiger partial charge in [-0.25, -0.2) is 9.50 Å². The number of hydrogen-bond donors (Lipinski definition) is 0. The van der Waals surface area contributed by atoms with Crippen molar-refractivity contribution < 1.29 is 4.74 Å². The zero-order chi connectivity index (χ0) is 11.7. The van der Waals surface area contributed by atoms with Crippen molar-refractivity contribution in [1.29, 1.82) is 0 Å². The summed E-state index contributed by atoms with van der Waals surface area (Å²) in [6.07, 6.45) is 4.61. The van der Waals surface area contributed by atoms with Crippen LogP contribution in [-0.2, 0) is 0 Å². The highest BCUT2D eigenvalue weighted by molar-refractivity contribution is 5.63. The van der Waals surface area contributed by atoms with E-state index in [1.165, 1.54) is 0 Å². The maximum Gasteiger partial charge on any atom is 0.154 e. The first-order chi connectivity index (χ1) is 8.38. The van der Waals surface area contributed by atoms with Crippen LogP contribution in [0.2, 0.25) is 0 Å². The number of imidazole rings is 1. The molecule has 2 heterocycles. The Morgan fingerprint density at radius 3 is 2.76 bits per heavy atom. The van der Waals surface area contributed by atoms with Crippen LogP contribution in [0.3, 0.4) is 0 Å². The van der Waals surface area contributed by atoms with Crippen LogP contribution in [0.4, 0.5) is 0 Å². The molecular weight excluding hydrogens is 214 g/mol. The minimum atomic E-state index is 0.814. The molecule has 0 spiro atoms. The summed E-state index contributed by atoms with van der Waals surface area (Å²) in [5.41, 5.74) is 2.81. The molecule has 1 radical (unpaired) electrons. The van der Waals surface area contributed by atoms with E-state index < -0.39 is 0 Å². The van der Waals surface area contributed by atoms with E-state index in [0.29, 0.717) is 0 Å². The van der Waals surface area contributed by atoms with E-state index >= 15 is 0 Å². The minimum Gasteiger partial charge on any atom is -0.497 e. The van der Waals surface area contributed by atoms with Crippen molar-refractivity contribution in [1.82, 2.24) is 14.6 Å². The Morgan fingerprint density at radius 1 is 1.18 bits per heavy atom.